The van der Waals surface area contributed by atoms with Gasteiger partial charge in [-0.15, -0.1) is 0 Å². The lowest BCUT2D eigenvalue weighted by Crippen LogP contribution is -2.14. The molecule has 6 heteroatoms. The number of nitriles is 1. The molecule has 1 aromatic heterocycles. The lowest BCUT2D eigenvalue weighted by molar-refractivity contribution is -0.112. The van der Waals surface area contributed by atoms with E-state index in [1.807, 2.05) is 50.2 Å². The monoisotopic (exact) mass is 408 g/mol. The summed E-state index contributed by atoms with van der Waals surface area (Å²) in [5.41, 5.74) is 2.69. The van der Waals surface area contributed by atoms with Crippen LogP contribution in [0.1, 0.15) is 16.9 Å². The van der Waals surface area contributed by atoms with Gasteiger partial charge in [0.05, 0.1) is 0 Å². The molecule has 0 unspecified atom stereocenters. The fourth-order valence-electron chi connectivity index (χ4n) is 2.52. The molecule has 4 nitrogen and oxygen atoms in total. The van der Waals surface area contributed by atoms with E-state index in [1.54, 1.807) is 24.3 Å². The highest BCUT2D eigenvalue weighted by Crippen LogP contribution is 2.30. The van der Waals surface area contributed by atoms with E-state index in [9.17, 15) is 10.1 Å². The molecule has 3 rings (SSSR count). The first kappa shape index (κ1) is 19.8. The van der Waals surface area contributed by atoms with Gasteiger partial charge in [-0.2, -0.15) is 5.26 Å². The van der Waals surface area contributed by atoms with Crippen molar-refractivity contribution in [3.05, 3.63) is 82.1 Å². The van der Waals surface area contributed by atoms with Gasteiger partial charge in [0.15, 0.2) is 5.09 Å². The molecule has 0 saturated heterocycles. The second kappa shape index (κ2) is 8.83. The molecule has 0 fully saturated rings. The van der Waals surface area contributed by atoms with Crippen molar-refractivity contribution < 1.29 is 9.21 Å². The minimum Gasteiger partial charge on any atom is -0.450 e. The highest BCUT2D eigenvalue weighted by atomic mass is 35.5. The van der Waals surface area contributed by atoms with Gasteiger partial charge in [0.1, 0.15) is 17.4 Å². The van der Waals surface area contributed by atoms with Crippen molar-refractivity contribution in [3.63, 3.8) is 0 Å². The maximum Gasteiger partial charge on any atom is 0.266 e. The zero-order valence-electron chi connectivity index (χ0n) is 15.3. The third-order valence-electron chi connectivity index (χ3n) is 3.92. The van der Waals surface area contributed by atoms with E-state index in [-0.39, 0.29) is 5.57 Å². The molecule has 0 aliphatic carbocycles. The molecular weight excluding hydrogens is 392 g/mol. The molecule has 0 aliphatic heterocycles. The third-order valence-corrected chi connectivity index (χ3v) is 5.10. The predicted molar refractivity (Wildman–Crippen MR) is 112 cm³/mol. The van der Waals surface area contributed by atoms with E-state index in [2.05, 4.69) is 5.32 Å². The van der Waals surface area contributed by atoms with E-state index in [0.717, 1.165) is 16.0 Å². The van der Waals surface area contributed by atoms with Crippen molar-refractivity contribution in [1.82, 2.24) is 0 Å². The van der Waals surface area contributed by atoms with Crippen LogP contribution < -0.4 is 5.32 Å². The molecule has 0 aliphatic rings. The quantitative estimate of drug-likeness (QED) is 0.400. The van der Waals surface area contributed by atoms with Gasteiger partial charge in [0, 0.05) is 21.7 Å². The average Bonchev–Trinajstić information content (AvgIpc) is 3.11. The number of halogens is 1. The number of aryl methyl sites for hydroxylation is 2. The summed E-state index contributed by atoms with van der Waals surface area (Å²) in [6, 6.07) is 18.5. The van der Waals surface area contributed by atoms with Crippen LogP contribution in [0.2, 0.25) is 5.02 Å². The summed E-state index contributed by atoms with van der Waals surface area (Å²) >= 11 is 7.32. The van der Waals surface area contributed by atoms with Crippen LogP contribution in [-0.4, -0.2) is 5.91 Å². The lowest BCUT2D eigenvalue weighted by Gasteiger charge is -2.08. The van der Waals surface area contributed by atoms with Gasteiger partial charge in [-0.1, -0.05) is 41.1 Å². The number of carbonyl (C=O) groups is 1. The Kier molecular flexibility index (Phi) is 6.25. The van der Waals surface area contributed by atoms with Crippen LogP contribution in [-0.2, 0) is 4.79 Å². The Hall–Kier alpha value is -2.94. The summed E-state index contributed by atoms with van der Waals surface area (Å²) in [6.07, 6.45) is 1.44. The van der Waals surface area contributed by atoms with E-state index in [0.29, 0.717) is 21.6 Å². The topological polar surface area (TPSA) is 66.0 Å². The number of benzene rings is 2. The maximum absolute atomic E-state index is 12.5. The fraction of sp³-hybridized carbons (Fsp3) is 0.0909. The second-order valence-corrected chi connectivity index (χ2v) is 7.67. The van der Waals surface area contributed by atoms with E-state index in [4.69, 9.17) is 16.0 Å². The molecule has 28 heavy (non-hydrogen) atoms. The molecule has 1 amide bonds. The Labute approximate surface area is 172 Å². The summed E-state index contributed by atoms with van der Waals surface area (Å²) in [5, 5.41) is 13.5. The molecule has 0 spiro atoms. The highest BCUT2D eigenvalue weighted by Gasteiger charge is 2.12. The summed E-state index contributed by atoms with van der Waals surface area (Å²) in [4.78, 5) is 13.4. The Morgan fingerprint density at radius 2 is 1.89 bits per heavy atom. The second-order valence-electron chi connectivity index (χ2n) is 6.16. The number of nitrogens with one attached hydrogen (secondary N) is 1. The number of hydrogen-bond acceptors (Lipinski definition) is 4. The zero-order chi connectivity index (χ0) is 20.1. The number of nitrogens with zero attached hydrogens (tertiary/aromatic N) is 1. The van der Waals surface area contributed by atoms with Crippen LogP contribution in [0, 0.1) is 25.2 Å². The fourth-order valence-corrected chi connectivity index (χ4v) is 3.42. The van der Waals surface area contributed by atoms with E-state index < -0.39 is 5.91 Å². The normalized spacial score (nSPS) is 11.1. The van der Waals surface area contributed by atoms with Gasteiger partial charge < -0.3 is 9.73 Å². The van der Waals surface area contributed by atoms with Gasteiger partial charge in [-0.3, -0.25) is 4.79 Å². The number of carbonyl (C=O) groups excluding carboxylic acids is 1. The van der Waals surface area contributed by atoms with Crippen molar-refractivity contribution in [2.75, 3.05) is 5.32 Å². The number of amides is 1. The average molecular weight is 409 g/mol. The molecule has 3 aromatic rings. The molecule has 1 heterocycles. The van der Waals surface area contributed by atoms with Crippen LogP contribution in [0.4, 0.5) is 5.69 Å². The van der Waals surface area contributed by atoms with Crippen LogP contribution in [0.25, 0.3) is 6.08 Å². The van der Waals surface area contributed by atoms with Gasteiger partial charge >= 0.3 is 0 Å². The van der Waals surface area contributed by atoms with Crippen molar-refractivity contribution in [2.45, 2.75) is 23.8 Å². The molecule has 0 radical (unpaired) electrons. The first-order valence-corrected chi connectivity index (χ1v) is 9.68. The number of rotatable bonds is 5. The Bertz CT molecular complexity index is 1080. The SMILES string of the molecule is Cc1ccc(NC(=O)/C(C#N)=C/c2ccc(Sc3ccc(Cl)cc3)o2)c(C)c1. The standard InChI is InChI=1S/C22H17ClN2O2S/c1-14-3-9-20(15(2)11-14)25-22(26)16(13-24)12-18-6-10-21(27-18)28-19-7-4-17(23)5-8-19/h3-12H,1-2H3,(H,25,26)/b16-12+. The van der Waals surface area contributed by atoms with Gasteiger partial charge in [-0.25, -0.2) is 0 Å². The van der Waals surface area contributed by atoms with Crippen LogP contribution in [0.15, 0.2) is 74.6 Å². The Morgan fingerprint density at radius 1 is 1.14 bits per heavy atom. The van der Waals surface area contributed by atoms with E-state index in [1.165, 1.54) is 17.8 Å². The summed E-state index contributed by atoms with van der Waals surface area (Å²) in [7, 11) is 0. The van der Waals surface area contributed by atoms with Gasteiger partial charge in [0.2, 0.25) is 0 Å². The number of hydrogen-bond donors (Lipinski definition) is 1. The molecule has 1 N–H and O–H groups in total. The van der Waals surface area contributed by atoms with Crippen LogP contribution >= 0.6 is 23.4 Å². The van der Waals surface area contributed by atoms with Crippen molar-refractivity contribution >= 4 is 41.0 Å². The molecule has 0 atom stereocenters. The molecular formula is C22H17ClN2O2S. The minimum atomic E-state index is -0.474. The summed E-state index contributed by atoms with van der Waals surface area (Å²) in [6.45, 7) is 3.89. The maximum atomic E-state index is 12.5. The van der Waals surface area contributed by atoms with Gasteiger partial charge in [0.25, 0.3) is 5.91 Å². The third kappa shape index (κ3) is 5.07. The summed E-state index contributed by atoms with van der Waals surface area (Å²) < 4.78 is 5.71. The van der Waals surface area contributed by atoms with Crippen molar-refractivity contribution in [3.8, 4) is 6.07 Å². The molecule has 0 saturated carbocycles. The van der Waals surface area contributed by atoms with Crippen LogP contribution in [0.5, 0.6) is 0 Å². The summed E-state index contributed by atoms with van der Waals surface area (Å²) in [5.74, 6) is -0.0402. The van der Waals surface area contributed by atoms with E-state index >= 15 is 0 Å². The van der Waals surface area contributed by atoms with Crippen molar-refractivity contribution in [2.24, 2.45) is 0 Å². The smallest absolute Gasteiger partial charge is 0.266 e. The highest BCUT2D eigenvalue weighted by molar-refractivity contribution is 7.99. The largest absolute Gasteiger partial charge is 0.450 e. The van der Waals surface area contributed by atoms with Crippen LogP contribution in [0.3, 0.4) is 0 Å². The first-order valence-electron chi connectivity index (χ1n) is 8.48. The Balaban J connectivity index is 1.73. The molecule has 140 valence electrons. The van der Waals surface area contributed by atoms with Gasteiger partial charge in [-0.05, 0) is 61.9 Å². The first-order chi connectivity index (χ1) is 13.4. The predicted octanol–water partition coefficient (Wildman–Crippen LogP) is 6.25. The Morgan fingerprint density at radius 3 is 2.57 bits per heavy atom. The zero-order valence-corrected chi connectivity index (χ0v) is 16.9. The number of furan rings is 1. The molecule has 0 bridgehead atoms. The number of anilines is 1. The lowest BCUT2D eigenvalue weighted by atomic mass is 10.1. The minimum absolute atomic E-state index is 0.0302. The van der Waals surface area contributed by atoms with Crippen molar-refractivity contribution in [1.29, 1.82) is 5.26 Å². The molecule has 2 aromatic carbocycles.